The fourth-order valence-electron chi connectivity index (χ4n) is 0.598. The second-order valence-electron chi connectivity index (χ2n) is 2.30. The summed E-state index contributed by atoms with van der Waals surface area (Å²) in [4.78, 5) is 17.1. The van der Waals surface area contributed by atoms with Crippen LogP contribution in [-0.2, 0) is 4.57 Å². The molecule has 2 atom stereocenters. The highest BCUT2D eigenvalue weighted by molar-refractivity contribution is 8.00. The first kappa shape index (κ1) is 12.4. The van der Waals surface area contributed by atoms with Gasteiger partial charge in [0.25, 0.3) is 0 Å². The van der Waals surface area contributed by atoms with Gasteiger partial charge in [-0.15, -0.1) is 0 Å². The highest BCUT2D eigenvalue weighted by Gasteiger charge is 2.31. The Morgan fingerprint density at radius 1 is 1.50 bits per heavy atom. The van der Waals surface area contributed by atoms with Crippen LogP contribution in [0.25, 0.3) is 0 Å². The standard InChI is InChI=1S/C5H13O5PS/c1-4(12-3-2-6)5(7)11(8,9)10/h4-7H,2-3H2,1H3,(H2,8,9,10). The van der Waals surface area contributed by atoms with Gasteiger partial charge < -0.3 is 20.0 Å². The quantitative estimate of drug-likeness (QED) is 0.467. The van der Waals surface area contributed by atoms with Crippen LogP contribution >= 0.6 is 19.4 Å². The minimum atomic E-state index is -4.40. The SMILES string of the molecule is CC(SCCO)C(O)P(=O)(O)O. The lowest BCUT2D eigenvalue weighted by Gasteiger charge is -2.18. The molecule has 0 bridgehead atoms. The van der Waals surface area contributed by atoms with Crippen LogP contribution in [0.4, 0.5) is 0 Å². The van der Waals surface area contributed by atoms with Gasteiger partial charge in [-0.3, -0.25) is 4.57 Å². The smallest absolute Gasteiger partial charge is 0.354 e. The van der Waals surface area contributed by atoms with Crippen LogP contribution in [0.1, 0.15) is 6.92 Å². The lowest BCUT2D eigenvalue weighted by molar-refractivity contribution is 0.203. The Kier molecular flexibility index (Phi) is 5.40. The molecule has 0 heterocycles. The molecule has 0 aromatic rings. The highest BCUT2D eigenvalue weighted by atomic mass is 32.2. The molecule has 2 unspecified atom stereocenters. The van der Waals surface area contributed by atoms with Gasteiger partial charge in [0.1, 0.15) is 0 Å². The molecule has 5 nitrogen and oxygen atoms in total. The topological polar surface area (TPSA) is 98.0 Å². The van der Waals surface area contributed by atoms with Crippen LogP contribution in [0.5, 0.6) is 0 Å². The molecule has 0 saturated carbocycles. The van der Waals surface area contributed by atoms with Gasteiger partial charge in [0.05, 0.1) is 6.61 Å². The minimum absolute atomic E-state index is 0.0666. The van der Waals surface area contributed by atoms with Gasteiger partial charge in [-0.25, -0.2) is 0 Å². The van der Waals surface area contributed by atoms with Crippen LogP contribution in [-0.4, -0.2) is 43.5 Å². The maximum atomic E-state index is 10.5. The second kappa shape index (κ2) is 5.21. The third kappa shape index (κ3) is 4.45. The van der Waals surface area contributed by atoms with Crippen LogP contribution in [0.15, 0.2) is 0 Å². The first-order valence-electron chi connectivity index (χ1n) is 3.35. The van der Waals surface area contributed by atoms with Crippen LogP contribution in [0.3, 0.4) is 0 Å². The van der Waals surface area contributed by atoms with E-state index in [1.54, 1.807) is 0 Å². The Morgan fingerprint density at radius 3 is 2.33 bits per heavy atom. The summed E-state index contributed by atoms with van der Waals surface area (Å²) in [5.41, 5.74) is 0. The van der Waals surface area contributed by atoms with Crippen molar-refractivity contribution in [1.29, 1.82) is 0 Å². The third-order valence-corrected chi connectivity index (χ3v) is 3.78. The highest BCUT2D eigenvalue weighted by Crippen LogP contribution is 2.43. The van der Waals surface area contributed by atoms with E-state index in [0.717, 1.165) is 11.8 Å². The van der Waals surface area contributed by atoms with Gasteiger partial charge >= 0.3 is 7.60 Å². The molecule has 0 fully saturated rings. The summed E-state index contributed by atoms with van der Waals surface area (Å²) < 4.78 is 10.5. The van der Waals surface area contributed by atoms with Crippen molar-refractivity contribution in [1.82, 2.24) is 0 Å². The van der Waals surface area contributed by atoms with E-state index in [2.05, 4.69) is 0 Å². The number of hydrogen-bond donors (Lipinski definition) is 4. The lowest BCUT2D eigenvalue weighted by atomic mass is 10.5. The molecule has 0 amide bonds. The molecule has 0 aromatic heterocycles. The molecule has 0 spiro atoms. The maximum Gasteiger partial charge on any atom is 0.354 e. The van der Waals surface area contributed by atoms with Gasteiger partial charge in [0.15, 0.2) is 5.85 Å². The Bertz CT molecular complexity index is 169. The van der Waals surface area contributed by atoms with E-state index in [4.69, 9.17) is 20.0 Å². The molecule has 0 aliphatic heterocycles. The van der Waals surface area contributed by atoms with Crippen molar-refractivity contribution >= 4 is 19.4 Å². The molecule has 74 valence electrons. The average molecular weight is 216 g/mol. The van der Waals surface area contributed by atoms with Crippen molar-refractivity contribution in [3.05, 3.63) is 0 Å². The number of rotatable bonds is 5. The molecular weight excluding hydrogens is 203 g/mol. The van der Waals surface area contributed by atoms with Crippen molar-refractivity contribution in [3.8, 4) is 0 Å². The van der Waals surface area contributed by atoms with E-state index in [-0.39, 0.29) is 6.61 Å². The predicted molar refractivity (Wildman–Crippen MR) is 47.1 cm³/mol. The van der Waals surface area contributed by atoms with Gasteiger partial charge in [0.2, 0.25) is 0 Å². The van der Waals surface area contributed by atoms with Gasteiger partial charge in [0, 0.05) is 11.0 Å². The van der Waals surface area contributed by atoms with Crippen LogP contribution < -0.4 is 0 Å². The molecule has 0 aliphatic carbocycles. The van der Waals surface area contributed by atoms with Crippen LogP contribution in [0, 0.1) is 0 Å². The fourth-order valence-corrected chi connectivity index (χ4v) is 2.53. The lowest BCUT2D eigenvalue weighted by Crippen LogP contribution is -2.20. The summed E-state index contributed by atoms with van der Waals surface area (Å²) in [5, 5.41) is 16.8. The zero-order valence-corrected chi connectivity index (χ0v) is 8.33. The third-order valence-electron chi connectivity index (χ3n) is 1.24. The number of hydrogen-bond acceptors (Lipinski definition) is 4. The molecule has 0 aliphatic rings. The Hall–Kier alpha value is 0.420. The zero-order chi connectivity index (χ0) is 9.78. The van der Waals surface area contributed by atoms with Crippen LogP contribution in [0.2, 0.25) is 0 Å². The molecule has 0 rings (SSSR count). The van der Waals surface area contributed by atoms with Gasteiger partial charge in [-0.1, -0.05) is 6.92 Å². The monoisotopic (exact) mass is 216 g/mol. The van der Waals surface area contributed by atoms with Crippen molar-refractivity contribution in [2.75, 3.05) is 12.4 Å². The predicted octanol–water partition coefficient (Wildman–Crippen LogP) is -0.404. The summed E-state index contributed by atoms with van der Waals surface area (Å²) in [6, 6.07) is 0. The molecule has 7 heteroatoms. The molecule has 4 N–H and O–H groups in total. The first-order valence-corrected chi connectivity index (χ1v) is 6.08. The summed E-state index contributed by atoms with van der Waals surface area (Å²) in [7, 11) is -4.40. The van der Waals surface area contributed by atoms with E-state index in [0.29, 0.717) is 5.75 Å². The minimum Gasteiger partial charge on any atom is -0.396 e. The van der Waals surface area contributed by atoms with E-state index >= 15 is 0 Å². The summed E-state index contributed by atoms with van der Waals surface area (Å²) >= 11 is 1.12. The summed E-state index contributed by atoms with van der Waals surface area (Å²) in [6.07, 6.45) is 0. The Balaban J connectivity index is 3.93. The molecular formula is C5H13O5PS. The average Bonchev–Trinajstić information content (AvgIpc) is 1.97. The Morgan fingerprint density at radius 2 is 2.00 bits per heavy atom. The van der Waals surface area contributed by atoms with Crippen molar-refractivity contribution in [2.24, 2.45) is 0 Å². The van der Waals surface area contributed by atoms with Crippen molar-refractivity contribution in [2.45, 2.75) is 18.0 Å². The normalized spacial score (nSPS) is 17.4. The summed E-state index contributed by atoms with van der Waals surface area (Å²) in [6.45, 7) is 1.44. The largest absolute Gasteiger partial charge is 0.396 e. The maximum absolute atomic E-state index is 10.5. The molecule has 0 saturated heterocycles. The van der Waals surface area contributed by atoms with Crippen molar-refractivity contribution < 1.29 is 24.6 Å². The van der Waals surface area contributed by atoms with E-state index in [1.165, 1.54) is 6.92 Å². The molecule has 0 radical (unpaired) electrons. The summed E-state index contributed by atoms with van der Waals surface area (Å²) in [5.74, 6) is -1.29. The van der Waals surface area contributed by atoms with E-state index in [1.807, 2.05) is 0 Å². The molecule has 0 aromatic carbocycles. The first-order chi connectivity index (χ1) is 5.39. The fraction of sp³-hybridized carbons (Fsp3) is 1.00. The van der Waals surface area contributed by atoms with Gasteiger partial charge in [-0.05, 0) is 0 Å². The number of aliphatic hydroxyl groups excluding tert-OH is 2. The molecule has 12 heavy (non-hydrogen) atoms. The number of thioether (sulfide) groups is 1. The number of aliphatic hydroxyl groups is 2. The van der Waals surface area contributed by atoms with Gasteiger partial charge in [-0.2, -0.15) is 11.8 Å². The van der Waals surface area contributed by atoms with E-state index in [9.17, 15) is 4.57 Å². The van der Waals surface area contributed by atoms with E-state index < -0.39 is 18.7 Å². The Labute approximate surface area is 75.0 Å². The second-order valence-corrected chi connectivity index (χ2v) is 5.49. The van der Waals surface area contributed by atoms with Crippen molar-refractivity contribution in [3.63, 3.8) is 0 Å². The zero-order valence-electron chi connectivity index (χ0n) is 6.62.